The highest BCUT2D eigenvalue weighted by molar-refractivity contribution is 7.98. The number of nitrogens with two attached hydrogens (primary N) is 1. The lowest BCUT2D eigenvalue weighted by molar-refractivity contribution is -0.133. The summed E-state index contributed by atoms with van der Waals surface area (Å²) in [7, 11) is -3.64. The van der Waals surface area contributed by atoms with Crippen LogP contribution < -0.4 is 11.4 Å². The monoisotopic (exact) mass is 656 g/mol. The zero-order valence-corrected chi connectivity index (χ0v) is 27.2. The van der Waals surface area contributed by atoms with E-state index in [-0.39, 0.29) is 64.2 Å². The number of nitrogen functional groups attached to an aromatic ring is 1. The molecule has 236 valence electrons. The third kappa shape index (κ3) is 8.50. The summed E-state index contributed by atoms with van der Waals surface area (Å²) >= 11 is 7.70. The molecule has 1 atom stereocenters. The van der Waals surface area contributed by atoms with Crippen LogP contribution in [0.5, 0.6) is 0 Å². The average molecular weight is 657 g/mol. The standard InChI is InChI=1S/C20H23ClO7S.C8H14N4OS/c1-29(25,26)17-8-7-13(20(24)18-15(22)5-2-6-16(18)23)19(21)14(17)11-27-10-12-4-3-9-28-12;1-8(2,3)5-6(13)12(9)7(14-4)11-10-5/h7-8,12,18H,2-6,9-11H2,1H3;9H2,1-4H3. The van der Waals surface area contributed by atoms with Crippen molar-refractivity contribution in [2.75, 3.05) is 31.6 Å². The van der Waals surface area contributed by atoms with Gasteiger partial charge in [0.25, 0.3) is 5.56 Å². The number of Topliss-reactive ketones (excluding diaryl/α,β-unsaturated/α-hetero) is 3. The summed E-state index contributed by atoms with van der Waals surface area (Å²) in [5.74, 6) is 2.66. The van der Waals surface area contributed by atoms with Crippen molar-refractivity contribution >= 4 is 50.5 Å². The fourth-order valence-electron chi connectivity index (χ4n) is 4.69. The van der Waals surface area contributed by atoms with Gasteiger partial charge in [-0.25, -0.2) is 8.42 Å². The van der Waals surface area contributed by atoms with Gasteiger partial charge in [-0.05, 0) is 37.7 Å². The Labute approximate surface area is 259 Å². The maximum atomic E-state index is 12.9. The molecule has 2 fully saturated rings. The highest BCUT2D eigenvalue weighted by Gasteiger charge is 2.38. The van der Waals surface area contributed by atoms with Gasteiger partial charge in [0, 0.05) is 42.2 Å². The Morgan fingerprint density at radius 2 is 1.81 bits per heavy atom. The quantitative estimate of drug-likeness (QED) is 0.190. The van der Waals surface area contributed by atoms with E-state index in [9.17, 15) is 27.6 Å². The summed E-state index contributed by atoms with van der Waals surface area (Å²) in [5, 5.41) is 8.09. The topological polar surface area (TPSA) is 178 Å². The number of sulfone groups is 1. The van der Waals surface area contributed by atoms with Gasteiger partial charge in [-0.15, -0.1) is 10.2 Å². The van der Waals surface area contributed by atoms with Crippen molar-refractivity contribution in [2.45, 2.75) is 81.1 Å². The van der Waals surface area contributed by atoms with Crippen molar-refractivity contribution in [3.05, 3.63) is 44.3 Å². The van der Waals surface area contributed by atoms with Gasteiger partial charge in [0.1, 0.15) is 11.6 Å². The smallest absolute Gasteiger partial charge is 0.295 e. The molecule has 0 radical (unpaired) electrons. The average Bonchev–Trinajstić information content (AvgIpc) is 3.43. The minimum absolute atomic E-state index is 0.0385. The normalized spacial score (nSPS) is 18.0. The lowest BCUT2D eigenvalue weighted by Gasteiger charge is -2.20. The fourth-order valence-corrected chi connectivity index (χ4v) is 6.39. The molecule has 1 aliphatic carbocycles. The molecule has 12 nitrogen and oxygen atoms in total. The van der Waals surface area contributed by atoms with Crippen LogP contribution in [0, 0.1) is 5.92 Å². The molecule has 4 rings (SSSR count). The molecular formula is C28H37ClN4O8S2. The van der Waals surface area contributed by atoms with Crippen LogP contribution in [0.15, 0.2) is 27.0 Å². The fraction of sp³-hybridized carbons (Fsp3) is 0.571. The van der Waals surface area contributed by atoms with Gasteiger partial charge in [-0.1, -0.05) is 44.1 Å². The molecule has 1 aromatic carbocycles. The minimum Gasteiger partial charge on any atom is -0.376 e. The van der Waals surface area contributed by atoms with Crippen LogP contribution >= 0.6 is 23.4 Å². The number of nitrogens with zero attached hydrogens (tertiary/aromatic N) is 3. The second kappa shape index (κ2) is 14.4. The van der Waals surface area contributed by atoms with E-state index in [0.717, 1.165) is 23.8 Å². The largest absolute Gasteiger partial charge is 0.376 e. The molecule has 15 heteroatoms. The first-order valence-electron chi connectivity index (χ1n) is 13.7. The number of halogens is 1. The van der Waals surface area contributed by atoms with Gasteiger partial charge in [0.2, 0.25) is 5.16 Å². The summed E-state index contributed by atoms with van der Waals surface area (Å²) in [6.07, 6.45) is 5.34. The van der Waals surface area contributed by atoms with Crippen molar-refractivity contribution in [3.8, 4) is 0 Å². The molecule has 1 aromatic heterocycles. The molecular weight excluding hydrogens is 620 g/mol. The van der Waals surface area contributed by atoms with Crippen LogP contribution in [-0.2, 0) is 40.9 Å². The van der Waals surface area contributed by atoms with E-state index in [1.807, 2.05) is 20.8 Å². The summed E-state index contributed by atoms with van der Waals surface area (Å²) in [6.45, 7) is 6.51. The molecule has 0 amide bonds. The van der Waals surface area contributed by atoms with Crippen molar-refractivity contribution < 1.29 is 32.3 Å². The van der Waals surface area contributed by atoms with E-state index in [1.54, 1.807) is 6.26 Å². The number of ether oxygens (including phenoxy) is 2. The number of hydrogen-bond donors (Lipinski definition) is 1. The van der Waals surface area contributed by atoms with Gasteiger partial charge in [-0.2, -0.15) is 4.68 Å². The van der Waals surface area contributed by atoms with Gasteiger partial charge in [0.05, 0.1) is 29.2 Å². The molecule has 2 N–H and O–H groups in total. The predicted molar refractivity (Wildman–Crippen MR) is 162 cm³/mol. The highest BCUT2D eigenvalue weighted by Crippen LogP contribution is 2.32. The summed E-state index contributed by atoms with van der Waals surface area (Å²) in [5.41, 5.74) is -0.117. The summed E-state index contributed by atoms with van der Waals surface area (Å²) in [6, 6.07) is 2.54. The molecule has 0 bridgehead atoms. The highest BCUT2D eigenvalue weighted by atomic mass is 35.5. The van der Waals surface area contributed by atoms with Gasteiger partial charge >= 0.3 is 0 Å². The third-order valence-electron chi connectivity index (χ3n) is 6.95. The Hall–Kier alpha value is -2.65. The maximum Gasteiger partial charge on any atom is 0.295 e. The van der Waals surface area contributed by atoms with Crippen molar-refractivity contribution in [2.24, 2.45) is 5.92 Å². The van der Waals surface area contributed by atoms with Crippen molar-refractivity contribution in [1.82, 2.24) is 14.9 Å². The molecule has 43 heavy (non-hydrogen) atoms. The van der Waals surface area contributed by atoms with Crippen LogP contribution in [0.4, 0.5) is 0 Å². The molecule has 1 unspecified atom stereocenters. The third-order valence-corrected chi connectivity index (χ3v) is 9.20. The second-order valence-electron chi connectivity index (χ2n) is 11.4. The molecule has 1 aliphatic heterocycles. The second-order valence-corrected chi connectivity index (χ2v) is 14.5. The first kappa shape index (κ1) is 34.8. The molecule has 2 heterocycles. The Bertz CT molecular complexity index is 1530. The molecule has 1 saturated heterocycles. The number of carbonyl (C=O) groups is 3. The number of benzene rings is 1. The maximum absolute atomic E-state index is 12.9. The van der Waals surface area contributed by atoms with E-state index in [4.69, 9.17) is 26.9 Å². The molecule has 2 aromatic rings. The van der Waals surface area contributed by atoms with E-state index in [1.165, 1.54) is 23.9 Å². The number of carbonyl (C=O) groups excluding carboxylic acids is 3. The van der Waals surface area contributed by atoms with Crippen LogP contribution in [0.25, 0.3) is 0 Å². The van der Waals surface area contributed by atoms with Crippen LogP contribution in [0.2, 0.25) is 5.02 Å². The van der Waals surface area contributed by atoms with Crippen LogP contribution in [-0.4, -0.2) is 72.5 Å². The minimum atomic E-state index is -3.64. The van der Waals surface area contributed by atoms with Crippen molar-refractivity contribution in [3.63, 3.8) is 0 Å². The summed E-state index contributed by atoms with van der Waals surface area (Å²) in [4.78, 5) is 48.9. The number of thioether (sulfide) groups is 1. The predicted octanol–water partition coefficient (Wildman–Crippen LogP) is 2.93. The Morgan fingerprint density at radius 1 is 1.16 bits per heavy atom. The van der Waals surface area contributed by atoms with Crippen molar-refractivity contribution in [1.29, 1.82) is 0 Å². The van der Waals surface area contributed by atoms with Crippen LogP contribution in [0.1, 0.15) is 74.5 Å². The molecule has 1 saturated carbocycles. The van der Waals surface area contributed by atoms with E-state index >= 15 is 0 Å². The van der Waals surface area contributed by atoms with E-state index in [2.05, 4.69) is 10.2 Å². The number of ketones is 3. The first-order chi connectivity index (χ1) is 20.1. The Balaban J connectivity index is 0.000000303. The molecule has 0 spiro atoms. The van der Waals surface area contributed by atoms with Crippen LogP contribution in [0.3, 0.4) is 0 Å². The van der Waals surface area contributed by atoms with Gasteiger partial charge in [-0.3, -0.25) is 19.2 Å². The molecule has 2 aliphatic rings. The lowest BCUT2D eigenvalue weighted by atomic mass is 9.81. The number of aromatic nitrogens is 3. The number of hydrogen-bond acceptors (Lipinski definition) is 12. The Kier molecular flexibility index (Phi) is 11.7. The van der Waals surface area contributed by atoms with E-state index in [0.29, 0.717) is 23.9 Å². The Morgan fingerprint density at radius 3 is 2.35 bits per heavy atom. The van der Waals surface area contributed by atoms with Gasteiger partial charge < -0.3 is 15.3 Å². The van der Waals surface area contributed by atoms with Gasteiger partial charge in [0.15, 0.2) is 27.2 Å². The number of rotatable bonds is 8. The SMILES string of the molecule is CS(=O)(=O)c1ccc(C(=O)C2C(=O)CCCC2=O)c(Cl)c1COCC1CCCO1.CSc1nnc(C(C)(C)C)c(=O)n1N. The zero-order chi connectivity index (χ0) is 32.1. The summed E-state index contributed by atoms with van der Waals surface area (Å²) < 4.78 is 36.5. The van der Waals surface area contributed by atoms with E-state index < -0.39 is 33.1 Å². The lowest BCUT2D eigenvalue weighted by Crippen LogP contribution is -2.37. The first-order valence-corrected chi connectivity index (χ1v) is 17.2. The zero-order valence-electron chi connectivity index (χ0n) is 24.8.